The van der Waals surface area contributed by atoms with Crippen molar-refractivity contribution in [3.05, 3.63) is 47.5 Å². The molecule has 2 aromatic carbocycles. The summed E-state index contributed by atoms with van der Waals surface area (Å²) in [5, 5.41) is 41.0. The molecular formula is C16H19NO4. The SMILES string of the molecule is CC(NC(C)c1ccc(O)c(O)c1)c1ccc(O)c(O)c1. The molecule has 2 unspecified atom stereocenters. The fraction of sp³-hybridized carbons (Fsp3) is 0.250. The summed E-state index contributed by atoms with van der Waals surface area (Å²) in [4.78, 5) is 0. The van der Waals surface area contributed by atoms with Crippen molar-refractivity contribution in [2.45, 2.75) is 25.9 Å². The lowest BCUT2D eigenvalue weighted by Crippen LogP contribution is -2.22. The van der Waals surface area contributed by atoms with E-state index in [1.165, 1.54) is 24.3 Å². The molecule has 0 spiro atoms. The standard InChI is InChI=1S/C16H19NO4/c1-9(11-3-5-13(18)15(20)7-11)17-10(2)12-4-6-14(19)16(21)8-12/h3-10,17-21H,1-2H3. The third-order valence-electron chi connectivity index (χ3n) is 3.50. The summed E-state index contributed by atoms with van der Waals surface area (Å²) in [5.74, 6) is -0.614. The molecule has 21 heavy (non-hydrogen) atoms. The van der Waals surface area contributed by atoms with Gasteiger partial charge in [0.05, 0.1) is 0 Å². The van der Waals surface area contributed by atoms with Crippen LogP contribution in [0.15, 0.2) is 36.4 Å². The molecule has 2 rings (SSSR count). The lowest BCUT2D eigenvalue weighted by atomic mass is 10.0. The zero-order valence-electron chi connectivity index (χ0n) is 11.9. The Kier molecular flexibility index (Phi) is 4.23. The van der Waals surface area contributed by atoms with Crippen molar-refractivity contribution >= 4 is 0 Å². The largest absolute Gasteiger partial charge is 0.504 e. The van der Waals surface area contributed by atoms with E-state index in [0.29, 0.717) is 0 Å². The third kappa shape index (κ3) is 3.38. The molecule has 2 aromatic rings. The van der Waals surface area contributed by atoms with Gasteiger partial charge in [0.25, 0.3) is 0 Å². The number of aromatic hydroxyl groups is 4. The Morgan fingerprint density at radius 2 is 1.05 bits per heavy atom. The Morgan fingerprint density at radius 1 is 0.667 bits per heavy atom. The molecule has 0 saturated carbocycles. The highest BCUT2D eigenvalue weighted by Crippen LogP contribution is 2.31. The van der Waals surface area contributed by atoms with E-state index in [9.17, 15) is 20.4 Å². The van der Waals surface area contributed by atoms with Crippen LogP contribution in [-0.4, -0.2) is 20.4 Å². The fourth-order valence-corrected chi connectivity index (χ4v) is 2.19. The van der Waals surface area contributed by atoms with Crippen LogP contribution in [0.4, 0.5) is 0 Å². The van der Waals surface area contributed by atoms with Gasteiger partial charge in [-0.25, -0.2) is 0 Å². The van der Waals surface area contributed by atoms with E-state index >= 15 is 0 Å². The maximum Gasteiger partial charge on any atom is 0.157 e. The molecule has 0 aliphatic carbocycles. The summed E-state index contributed by atoms with van der Waals surface area (Å²) in [6.07, 6.45) is 0. The van der Waals surface area contributed by atoms with Gasteiger partial charge in [0.15, 0.2) is 23.0 Å². The second kappa shape index (κ2) is 5.93. The van der Waals surface area contributed by atoms with E-state index in [4.69, 9.17) is 0 Å². The lowest BCUT2D eigenvalue weighted by molar-refractivity contribution is 0.399. The molecule has 5 nitrogen and oxygen atoms in total. The summed E-state index contributed by atoms with van der Waals surface area (Å²) in [6.45, 7) is 3.87. The smallest absolute Gasteiger partial charge is 0.157 e. The van der Waals surface area contributed by atoms with E-state index in [2.05, 4.69) is 5.32 Å². The molecule has 112 valence electrons. The van der Waals surface area contributed by atoms with Gasteiger partial charge in [-0.05, 0) is 49.2 Å². The molecule has 2 atom stereocenters. The maximum atomic E-state index is 9.53. The zero-order valence-corrected chi connectivity index (χ0v) is 11.9. The Labute approximate surface area is 123 Å². The van der Waals surface area contributed by atoms with Crippen molar-refractivity contribution in [2.75, 3.05) is 0 Å². The van der Waals surface area contributed by atoms with Crippen molar-refractivity contribution in [3.63, 3.8) is 0 Å². The second-order valence-corrected chi connectivity index (χ2v) is 5.11. The molecule has 0 amide bonds. The molecule has 0 bridgehead atoms. The first-order chi connectivity index (χ1) is 9.88. The van der Waals surface area contributed by atoms with Gasteiger partial charge in [-0.15, -0.1) is 0 Å². The van der Waals surface area contributed by atoms with Crippen LogP contribution in [-0.2, 0) is 0 Å². The highest BCUT2D eigenvalue weighted by Gasteiger charge is 2.14. The molecule has 0 aromatic heterocycles. The highest BCUT2D eigenvalue weighted by atomic mass is 16.3. The Bertz CT molecular complexity index is 587. The number of phenolic OH excluding ortho intramolecular Hbond substituents is 4. The molecule has 0 heterocycles. The van der Waals surface area contributed by atoms with Crippen LogP contribution in [0, 0.1) is 0 Å². The maximum absolute atomic E-state index is 9.53. The fourth-order valence-electron chi connectivity index (χ4n) is 2.19. The predicted octanol–water partition coefficient (Wildman–Crippen LogP) is 2.92. The van der Waals surface area contributed by atoms with Gasteiger partial charge >= 0.3 is 0 Å². The molecule has 0 saturated heterocycles. The first kappa shape index (κ1) is 15.0. The molecule has 0 aliphatic rings. The van der Waals surface area contributed by atoms with Gasteiger partial charge < -0.3 is 25.7 Å². The van der Waals surface area contributed by atoms with E-state index in [1.807, 2.05) is 13.8 Å². The summed E-state index contributed by atoms with van der Waals surface area (Å²) in [7, 11) is 0. The minimum atomic E-state index is -0.156. The van der Waals surface area contributed by atoms with Crippen molar-refractivity contribution in [2.24, 2.45) is 0 Å². The van der Waals surface area contributed by atoms with Crippen LogP contribution in [0.3, 0.4) is 0 Å². The monoisotopic (exact) mass is 289 g/mol. The topological polar surface area (TPSA) is 93.0 Å². The van der Waals surface area contributed by atoms with E-state index in [-0.39, 0.29) is 35.1 Å². The molecule has 5 heteroatoms. The number of rotatable bonds is 4. The Hall–Kier alpha value is -2.40. The second-order valence-electron chi connectivity index (χ2n) is 5.11. The number of hydrogen-bond donors (Lipinski definition) is 5. The van der Waals surface area contributed by atoms with Crippen molar-refractivity contribution < 1.29 is 20.4 Å². The average Bonchev–Trinajstić information content (AvgIpc) is 2.44. The lowest BCUT2D eigenvalue weighted by Gasteiger charge is -2.21. The summed E-state index contributed by atoms with van der Waals surface area (Å²) >= 11 is 0. The van der Waals surface area contributed by atoms with Crippen LogP contribution < -0.4 is 5.32 Å². The van der Waals surface area contributed by atoms with Crippen LogP contribution in [0.5, 0.6) is 23.0 Å². The minimum Gasteiger partial charge on any atom is -0.504 e. The minimum absolute atomic E-state index is 0.0672. The normalized spacial score (nSPS) is 13.8. The molecule has 0 aliphatic heterocycles. The van der Waals surface area contributed by atoms with E-state index < -0.39 is 0 Å². The number of phenols is 4. The number of benzene rings is 2. The van der Waals surface area contributed by atoms with E-state index in [1.54, 1.807) is 12.1 Å². The van der Waals surface area contributed by atoms with Gasteiger partial charge in [-0.3, -0.25) is 0 Å². The van der Waals surface area contributed by atoms with Gasteiger partial charge in [0.2, 0.25) is 0 Å². The number of hydrogen-bond acceptors (Lipinski definition) is 5. The summed E-state index contributed by atoms with van der Waals surface area (Å²) in [5.41, 5.74) is 1.67. The summed E-state index contributed by atoms with van der Waals surface area (Å²) < 4.78 is 0. The predicted molar refractivity (Wildman–Crippen MR) is 79.5 cm³/mol. The molecule has 0 fully saturated rings. The average molecular weight is 289 g/mol. The first-order valence-electron chi connectivity index (χ1n) is 6.68. The van der Waals surface area contributed by atoms with Crippen LogP contribution in [0.25, 0.3) is 0 Å². The van der Waals surface area contributed by atoms with E-state index in [0.717, 1.165) is 11.1 Å². The zero-order chi connectivity index (χ0) is 15.6. The van der Waals surface area contributed by atoms with Crippen molar-refractivity contribution in [1.82, 2.24) is 5.32 Å². The van der Waals surface area contributed by atoms with Crippen molar-refractivity contribution in [3.8, 4) is 23.0 Å². The van der Waals surface area contributed by atoms with Gasteiger partial charge in [0.1, 0.15) is 0 Å². The van der Waals surface area contributed by atoms with Gasteiger partial charge in [-0.1, -0.05) is 12.1 Å². The van der Waals surface area contributed by atoms with Gasteiger partial charge in [-0.2, -0.15) is 0 Å². The highest BCUT2D eigenvalue weighted by molar-refractivity contribution is 5.42. The van der Waals surface area contributed by atoms with Crippen LogP contribution >= 0.6 is 0 Å². The van der Waals surface area contributed by atoms with Crippen molar-refractivity contribution in [1.29, 1.82) is 0 Å². The quantitative estimate of drug-likeness (QED) is 0.558. The van der Waals surface area contributed by atoms with Crippen LogP contribution in [0.2, 0.25) is 0 Å². The van der Waals surface area contributed by atoms with Crippen LogP contribution in [0.1, 0.15) is 37.1 Å². The Balaban J connectivity index is 2.12. The molecule has 0 radical (unpaired) electrons. The Morgan fingerprint density at radius 3 is 1.38 bits per heavy atom. The number of nitrogens with one attached hydrogen (secondary N) is 1. The third-order valence-corrected chi connectivity index (χ3v) is 3.50. The molecular weight excluding hydrogens is 270 g/mol. The molecule has 5 N–H and O–H groups in total. The summed E-state index contributed by atoms with van der Waals surface area (Å²) in [6, 6.07) is 9.23. The van der Waals surface area contributed by atoms with Gasteiger partial charge in [0, 0.05) is 12.1 Å². The first-order valence-corrected chi connectivity index (χ1v) is 6.68.